The molecule has 2 rings (SSSR count). The molecule has 0 radical (unpaired) electrons. The number of hydrogen-bond acceptors (Lipinski definition) is 2. The molecule has 0 aliphatic carbocycles. The zero-order chi connectivity index (χ0) is 13.1. The number of ketones is 1. The maximum atomic E-state index is 12.3. The van der Waals surface area contributed by atoms with E-state index in [-0.39, 0.29) is 11.7 Å². The largest absolute Gasteiger partial charge is 0.398 e. The van der Waals surface area contributed by atoms with Crippen molar-refractivity contribution >= 4 is 23.1 Å². The molecule has 0 aliphatic heterocycles. The van der Waals surface area contributed by atoms with Crippen LogP contribution in [0.15, 0.2) is 48.5 Å². The molecular weight excluding hydrogens is 246 g/mol. The SMILES string of the molecule is CC(C(=O)c1ccc(N)c(Cl)c1)c1ccccc1. The number of halogens is 1. The van der Waals surface area contributed by atoms with Gasteiger partial charge in [-0.05, 0) is 23.8 Å². The summed E-state index contributed by atoms with van der Waals surface area (Å²) in [7, 11) is 0. The first-order chi connectivity index (χ1) is 8.59. The zero-order valence-corrected chi connectivity index (χ0v) is 10.8. The number of hydrogen-bond donors (Lipinski definition) is 1. The van der Waals surface area contributed by atoms with Crippen LogP contribution >= 0.6 is 11.6 Å². The van der Waals surface area contributed by atoms with Gasteiger partial charge in [0.2, 0.25) is 0 Å². The first-order valence-electron chi connectivity index (χ1n) is 5.74. The lowest BCUT2D eigenvalue weighted by Crippen LogP contribution is -2.09. The van der Waals surface area contributed by atoms with E-state index < -0.39 is 0 Å². The van der Waals surface area contributed by atoms with Crippen molar-refractivity contribution in [2.75, 3.05) is 5.73 Å². The molecule has 0 saturated heterocycles. The second-order valence-electron chi connectivity index (χ2n) is 4.23. The van der Waals surface area contributed by atoms with E-state index in [9.17, 15) is 4.79 Å². The van der Waals surface area contributed by atoms with Crippen LogP contribution in [-0.4, -0.2) is 5.78 Å². The molecule has 3 heteroatoms. The van der Waals surface area contributed by atoms with Crippen molar-refractivity contribution in [2.24, 2.45) is 0 Å². The molecule has 2 N–H and O–H groups in total. The van der Waals surface area contributed by atoms with Crippen LogP contribution in [0.4, 0.5) is 5.69 Å². The van der Waals surface area contributed by atoms with Crippen LogP contribution in [0, 0.1) is 0 Å². The van der Waals surface area contributed by atoms with Crippen LogP contribution in [0.2, 0.25) is 5.02 Å². The van der Waals surface area contributed by atoms with E-state index in [1.54, 1.807) is 18.2 Å². The highest BCUT2D eigenvalue weighted by atomic mass is 35.5. The van der Waals surface area contributed by atoms with Gasteiger partial charge in [0.1, 0.15) is 0 Å². The summed E-state index contributed by atoms with van der Waals surface area (Å²) < 4.78 is 0. The molecule has 0 saturated carbocycles. The summed E-state index contributed by atoms with van der Waals surface area (Å²) in [6.45, 7) is 1.89. The third kappa shape index (κ3) is 2.54. The Hall–Kier alpha value is -1.80. The van der Waals surface area contributed by atoms with Gasteiger partial charge in [-0.25, -0.2) is 0 Å². The summed E-state index contributed by atoms with van der Waals surface area (Å²) in [5.41, 5.74) is 7.70. The minimum Gasteiger partial charge on any atom is -0.398 e. The summed E-state index contributed by atoms with van der Waals surface area (Å²) in [6, 6.07) is 14.7. The number of carbonyl (C=O) groups is 1. The average Bonchev–Trinajstić information content (AvgIpc) is 2.41. The van der Waals surface area contributed by atoms with Crippen molar-refractivity contribution < 1.29 is 4.79 Å². The molecule has 2 aromatic rings. The van der Waals surface area contributed by atoms with Gasteiger partial charge in [-0.3, -0.25) is 4.79 Å². The van der Waals surface area contributed by atoms with Crippen molar-refractivity contribution in [3.63, 3.8) is 0 Å². The minimum absolute atomic E-state index is 0.0445. The van der Waals surface area contributed by atoms with Gasteiger partial charge in [0.15, 0.2) is 5.78 Å². The summed E-state index contributed by atoms with van der Waals surface area (Å²) in [6.07, 6.45) is 0. The predicted octanol–water partition coefficient (Wildman–Crippen LogP) is 3.91. The number of rotatable bonds is 3. The number of anilines is 1. The Morgan fingerprint density at radius 3 is 2.44 bits per heavy atom. The van der Waals surface area contributed by atoms with Crippen LogP contribution in [0.1, 0.15) is 28.8 Å². The Morgan fingerprint density at radius 1 is 1.17 bits per heavy atom. The van der Waals surface area contributed by atoms with Gasteiger partial charge in [0, 0.05) is 11.5 Å². The van der Waals surface area contributed by atoms with Crippen molar-refractivity contribution in [3.8, 4) is 0 Å². The normalized spacial score (nSPS) is 12.1. The molecule has 18 heavy (non-hydrogen) atoms. The van der Waals surface area contributed by atoms with Crippen LogP contribution in [0.3, 0.4) is 0 Å². The Kier molecular flexibility index (Phi) is 3.68. The molecule has 0 fully saturated rings. The van der Waals surface area contributed by atoms with E-state index in [1.807, 2.05) is 37.3 Å². The fourth-order valence-electron chi connectivity index (χ4n) is 1.82. The molecule has 0 heterocycles. The zero-order valence-electron chi connectivity index (χ0n) is 10.1. The third-order valence-corrected chi connectivity index (χ3v) is 3.31. The lowest BCUT2D eigenvalue weighted by molar-refractivity contribution is 0.0966. The molecule has 2 aromatic carbocycles. The van der Waals surface area contributed by atoms with Gasteiger partial charge >= 0.3 is 0 Å². The first-order valence-corrected chi connectivity index (χ1v) is 6.11. The molecule has 1 unspecified atom stereocenters. The fraction of sp³-hybridized carbons (Fsp3) is 0.133. The van der Waals surface area contributed by atoms with Gasteiger partial charge in [-0.15, -0.1) is 0 Å². The summed E-state index contributed by atoms with van der Waals surface area (Å²) in [5.74, 6) is -0.144. The van der Waals surface area contributed by atoms with Crippen LogP contribution < -0.4 is 5.73 Å². The van der Waals surface area contributed by atoms with Crippen LogP contribution in [0.5, 0.6) is 0 Å². The molecule has 0 aromatic heterocycles. The summed E-state index contributed by atoms with van der Waals surface area (Å²) in [5, 5.41) is 0.418. The fourth-order valence-corrected chi connectivity index (χ4v) is 2.00. The van der Waals surface area contributed by atoms with Gasteiger partial charge in [0.25, 0.3) is 0 Å². The van der Waals surface area contributed by atoms with Gasteiger partial charge < -0.3 is 5.73 Å². The van der Waals surface area contributed by atoms with E-state index in [2.05, 4.69) is 0 Å². The minimum atomic E-state index is -0.189. The summed E-state index contributed by atoms with van der Waals surface area (Å²) >= 11 is 5.93. The number of carbonyl (C=O) groups excluding carboxylic acids is 1. The first kappa shape index (κ1) is 12.7. The second-order valence-corrected chi connectivity index (χ2v) is 4.64. The number of benzene rings is 2. The van der Waals surface area contributed by atoms with E-state index in [4.69, 9.17) is 17.3 Å². The molecule has 0 bridgehead atoms. The van der Waals surface area contributed by atoms with E-state index in [0.29, 0.717) is 16.3 Å². The van der Waals surface area contributed by atoms with Crippen molar-refractivity contribution in [1.29, 1.82) is 0 Å². The molecule has 2 nitrogen and oxygen atoms in total. The van der Waals surface area contributed by atoms with Crippen LogP contribution in [0.25, 0.3) is 0 Å². The van der Waals surface area contributed by atoms with Gasteiger partial charge in [-0.1, -0.05) is 48.9 Å². The molecule has 0 aliphatic rings. The summed E-state index contributed by atoms with van der Waals surface area (Å²) in [4.78, 5) is 12.3. The van der Waals surface area contributed by atoms with E-state index >= 15 is 0 Å². The monoisotopic (exact) mass is 259 g/mol. The molecule has 0 amide bonds. The Balaban J connectivity index is 2.29. The number of nitrogen functional groups attached to an aromatic ring is 1. The van der Waals surface area contributed by atoms with Gasteiger partial charge in [0.05, 0.1) is 10.7 Å². The standard InChI is InChI=1S/C15H14ClNO/c1-10(11-5-3-2-4-6-11)15(18)12-7-8-14(17)13(16)9-12/h2-10H,17H2,1H3. The quantitative estimate of drug-likeness (QED) is 0.671. The topological polar surface area (TPSA) is 43.1 Å². The molecular formula is C15H14ClNO. The Labute approximate surface area is 111 Å². The highest BCUT2D eigenvalue weighted by Crippen LogP contribution is 2.25. The Bertz CT molecular complexity index is 566. The maximum Gasteiger partial charge on any atom is 0.170 e. The predicted molar refractivity (Wildman–Crippen MR) is 75.1 cm³/mol. The lowest BCUT2D eigenvalue weighted by atomic mass is 9.92. The van der Waals surface area contributed by atoms with E-state index in [0.717, 1.165) is 5.56 Å². The second kappa shape index (κ2) is 5.23. The third-order valence-electron chi connectivity index (χ3n) is 2.98. The van der Waals surface area contributed by atoms with Crippen LogP contribution in [-0.2, 0) is 0 Å². The highest BCUT2D eigenvalue weighted by molar-refractivity contribution is 6.33. The maximum absolute atomic E-state index is 12.3. The molecule has 1 atom stereocenters. The van der Waals surface area contributed by atoms with Crippen molar-refractivity contribution in [3.05, 3.63) is 64.7 Å². The molecule has 92 valence electrons. The smallest absolute Gasteiger partial charge is 0.170 e. The van der Waals surface area contributed by atoms with Gasteiger partial charge in [-0.2, -0.15) is 0 Å². The Morgan fingerprint density at radius 2 is 1.83 bits per heavy atom. The number of nitrogens with two attached hydrogens (primary N) is 1. The average molecular weight is 260 g/mol. The van der Waals surface area contributed by atoms with E-state index in [1.165, 1.54) is 0 Å². The number of Topliss-reactive ketones (excluding diaryl/α,β-unsaturated/α-hetero) is 1. The molecule has 0 spiro atoms. The lowest BCUT2D eigenvalue weighted by Gasteiger charge is -2.11. The highest BCUT2D eigenvalue weighted by Gasteiger charge is 2.17. The van der Waals surface area contributed by atoms with Crippen molar-refractivity contribution in [2.45, 2.75) is 12.8 Å². The van der Waals surface area contributed by atoms with Crippen molar-refractivity contribution in [1.82, 2.24) is 0 Å².